The van der Waals surface area contributed by atoms with Crippen molar-refractivity contribution in [3.8, 4) is 11.5 Å². The van der Waals surface area contributed by atoms with E-state index in [-0.39, 0.29) is 17.7 Å². The van der Waals surface area contributed by atoms with E-state index in [2.05, 4.69) is 0 Å². The molecule has 17 heavy (non-hydrogen) atoms. The number of benzene rings is 2. The highest BCUT2D eigenvalue weighted by molar-refractivity contribution is 5.50. The molecule has 0 aliphatic carbocycles. The summed E-state index contributed by atoms with van der Waals surface area (Å²) in [6.07, 6.45) is 0.203. The molecular formula is C13H7F3O. The second-order valence-corrected chi connectivity index (χ2v) is 3.85. The maximum atomic E-state index is 13.5. The number of hydrogen-bond donors (Lipinski definition) is 0. The van der Waals surface area contributed by atoms with Crippen molar-refractivity contribution in [2.45, 2.75) is 6.42 Å². The third-order valence-electron chi connectivity index (χ3n) is 2.78. The Hall–Kier alpha value is -1.97. The molecule has 1 nitrogen and oxygen atoms in total. The first-order valence-electron chi connectivity index (χ1n) is 5.09. The van der Waals surface area contributed by atoms with Crippen molar-refractivity contribution in [3.63, 3.8) is 0 Å². The van der Waals surface area contributed by atoms with Crippen molar-refractivity contribution in [1.82, 2.24) is 0 Å². The number of ether oxygens (including phenoxy) is 1. The molecule has 2 aromatic rings. The minimum Gasteiger partial charge on any atom is -0.457 e. The van der Waals surface area contributed by atoms with Gasteiger partial charge >= 0.3 is 0 Å². The van der Waals surface area contributed by atoms with Gasteiger partial charge in [0.05, 0.1) is 0 Å². The summed E-state index contributed by atoms with van der Waals surface area (Å²) in [6, 6.07) is 7.89. The van der Waals surface area contributed by atoms with Crippen molar-refractivity contribution in [2.24, 2.45) is 0 Å². The number of hydrogen-bond acceptors (Lipinski definition) is 1. The van der Waals surface area contributed by atoms with Crippen LogP contribution in [0.4, 0.5) is 13.2 Å². The average Bonchev–Trinajstić information content (AvgIpc) is 2.34. The van der Waals surface area contributed by atoms with Gasteiger partial charge in [-0.2, -0.15) is 0 Å². The Morgan fingerprint density at radius 1 is 0.941 bits per heavy atom. The van der Waals surface area contributed by atoms with E-state index in [4.69, 9.17) is 4.74 Å². The first-order valence-corrected chi connectivity index (χ1v) is 5.09. The Morgan fingerprint density at radius 3 is 2.53 bits per heavy atom. The standard InChI is InChI=1S/C13H7F3O/c14-9-6-11-8(12(15)13(9)16)5-7-3-1-2-4-10(7)17-11/h1-4,6H,5H2. The molecule has 0 atom stereocenters. The highest BCUT2D eigenvalue weighted by Gasteiger charge is 2.24. The summed E-state index contributed by atoms with van der Waals surface area (Å²) in [5, 5.41) is 0. The third kappa shape index (κ3) is 1.48. The summed E-state index contributed by atoms with van der Waals surface area (Å²) in [4.78, 5) is 0. The molecule has 0 amide bonds. The zero-order valence-corrected chi connectivity index (χ0v) is 8.64. The van der Waals surface area contributed by atoms with Crippen molar-refractivity contribution < 1.29 is 17.9 Å². The molecule has 0 saturated heterocycles. The lowest BCUT2D eigenvalue weighted by Gasteiger charge is -2.20. The van der Waals surface area contributed by atoms with Crippen LogP contribution in [0.15, 0.2) is 30.3 Å². The van der Waals surface area contributed by atoms with Gasteiger partial charge in [0.15, 0.2) is 17.5 Å². The van der Waals surface area contributed by atoms with E-state index in [0.717, 1.165) is 11.6 Å². The Bertz CT molecular complexity index is 608. The van der Waals surface area contributed by atoms with Crippen LogP contribution >= 0.6 is 0 Å². The summed E-state index contributed by atoms with van der Waals surface area (Å²) >= 11 is 0. The molecule has 0 saturated carbocycles. The van der Waals surface area contributed by atoms with Crippen LogP contribution in [0.3, 0.4) is 0 Å². The van der Waals surface area contributed by atoms with Crippen LogP contribution in [0.5, 0.6) is 11.5 Å². The van der Waals surface area contributed by atoms with Crippen molar-refractivity contribution in [2.75, 3.05) is 0 Å². The summed E-state index contributed by atoms with van der Waals surface area (Å²) in [7, 11) is 0. The molecule has 1 heterocycles. The molecule has 0 N–H and O–H groups in total. The monoisotopic (exact) mass is 236 g/mol. The summed E-state index contributed by atoms with van der Waals surface area (Å²) in [6.45, 7) is 0. The zero-order chi connectivity index (χ0) is 12.0. The maximum Gasteiger partial charge on any atom is 0.194 e. The Labute approximate surface area is 95.5 Å². The highest BCUT2D eigenvalue weighted by atomic mass is 19.2. The smallest absolute Gasteiger partial charge is 0.194 e. The molecule has 2 aromatic carbocycles. The molecule has 86 valence electrons. The number of halogens is 3. The number of rotatable bonds is 0. The second kappa shape index (κ2) is 3.52. The number of fused-ring (bicyclic) bond motifs is 2. The topological polar surface area (TPSA) is 9.23 Å². The highest BCUT2D eigenvalue weighted by Crippen LogP contribution is 2.38. The maximum absolute atomic E-state index is 13.5. The predicted molar refractivity (Wildman–Crippen MR) is 55.6 cm³/mol. The molecule has 0 radical (unpaired) electrons. The van der Waals surface area contributed by atoms with Gasteiger partial charge in [-0.15, -0.1) is 0 Å². The average molecular weight is 236 g/mol. The quantitative estimate of drug-likeness (QED) is 0.539. The van der Waals surface area contributed by atoms with Gasteiger partial charge < -0.3 is 4.74 Å². The van der Waals surface area contributed by atoms with Crippen molar-refractivity contribution in [3.05, 3.63) is 58.9 Å². The lowest BCUT2D eigenvalue weighted by molar-refractivity contribution is 0.405. The minimum atomic E-state index is -1.45. The molecule has 4 heteroatoms. The Balaban J connectivity index is 2.18. The summed E-state index contributed by atoms with van der Waals surface area (Å²) in [5.74, 6) is -3.27. The van der Waals surface area contributed by atoms with Crippen LogP contribution in [-0.4, -0.2) is 0 Å². The fraction of sp³-hybridized carbons (Fsp3) is 0.0769. The van der Waals surface area contributed by atoms with Crippen molar-refractivity contribution >= 4 is 0 Å². The first kappa shape index (κ1) is 10.2. The molecule has 0 aromatic heterocycles. The fourth-order valence-corrected chi connectivity index (χ4v) is 1.93. The van der Waals surface area contributed by atoms with Crippen LogP contribution in [0.2, 0.25) is 0 Å². The normalized spacial score (nSPS) is 12.6. The fourth-order valence-electron chi connectivity index (χ4n) is 1.93. The van der Waals surface area contributed by atoms with Crippen molar-refractivity contribution in [1.29, 1.82) is 0 Å². The van der Waals surface area contributed by atoms with Gasteiger partial charge in [-0.05, 0) is 11.6 Å². The van der Waals surface area contributed by atoms with E-state index < -0.39 is 17.5 Å². The van der Waals surface area contributed by atoms with Gasteiger partial charge in [-0.1, -0.05) is 18.2 Å². The van der Waals surface area contributed by atoms with E-state index in [1.807, 2.05) is 0 Å². The SMILES string of the molecule is Fc1cc2c(c(F)c1F)Cc1ccccc1O2. The zero-order valence-electron chi connectivity index (χ0n) is 8.64. The predicted octanol–water partition coefficient (Wildman–Crippen LogP) is 3.80. The van der Waals surface area contributed by atoms with Gasteiger partial charge in [0, 0.05) is 18.1 Å². The van der Waals surface area contributed by atoms with Crippen LogP contribution in [-0.2, 0) is 6.42 Å². The summed E-state index contributed by atoms with van der Waals surface area (Å²) < 4.78 is 45.0. The molecular weight excluding hydrogens is 229 g/mol. The molecule has 0 bridgehead atoms. The van der Waals surface area contributed by atoms with E-state index in [9.17, 15) is 13.2 Å². The van der Waals surface area contributed by atoms with E-state index in [1.54, 1.807) is 24.3 Å². The lowest BCUT2D eigenvalue weighted by Crippen LogP contribution is -2.08. The van der Waals surface area contributed by atoms with E-state index in [1.165, 1.54) is 0 Å². The molecule has 0 fully saturated rings. The molecule has 0 unspecified atom stereocenters. The molecule has 3 rings (SSSR count). The van der Waals surface area contributed by atoms with Gasteiger partial charge in [0.1, 0.15) is 11.5 Å². The Morgan fingerprint density at radius 2 is 1.71 bits per heavy atom. The first-order chi connectivity index (χ1) is 8.16. The van der Waals surface area contributed by atoms with E-state index in [0.29, 0.717) is 5.75 Å². The van der Waals surface area contributed by atoms with Crippen LogP contribution in [0.25, 0.3) is 0 Å². The second-order valence-electron chi connectivity index (χ2n) is 3.85. The van der Waals surface area contributed by atoms with Gasteiger partial charge in [-0.25, -0.2) is 13.2 Å². The van der Waals surface area contributed by atoms with Gasteiger partial charge in [-0.3, -0.25) is 0 Å². The minimum absolute atomic E-state index is 0.0418. The lowest BCUT2D eigenvalue weighted by atomic mass is 9.99. The van der Waals surface area contributed by atoms with Crippen LogP contribution in [0.1, 0.15) is 11.1 Å². The Kier molecular flexibility index (Phi) is 2.11. The molecule has 1 aliphatic heterocycles. The van der Waals surface area contributed by atoms with Crippen LogP contribution in [0, 0.1) is 17.5 Å². The largest absolute Gasteiger partial charge is 0.457 e. The third-order valence-corrected chi connectivity index (χ3v) is 2.78. The number of para-hydroxylation sites is 1. The van der Waals surface area contributed by atoms with Crippen LogP contribution < -0.4 is 4.74 Å². The van der Waals surface area contributed by atoms with Gasteiger partial charge in [0.2, 0.25) is 0 Å². The van der Waals surface area contributed by atoms with E-state index >= 15 is 0 Å². The molecule has 0 spiro atoms. The van der Waals surface area contributed by atoms with Gasteiger partial charge in [0.25, 0.3) is 0 Å². The summed E-state index contributed by atoms with van der Waals surface area (Å²) in [5.41, 5.74) is 0.813. The molecule has 1 aliphatic rings.